The number of likely N-dealkylation sites (tertiary alicyclic amines) is 1. The summed E-state index contributed by atoms with van der Waals surface area (Å²) in [7, 11) is 0. The van der Waals surface area contributed by atoms with Crippen LogP contribution in [0.1, 0.15) is 12.8 Å². The van der Waals surface area contributed by atoms with E-state index < -0.39 is 0 Å². The molecule has 0 aromatic carbocycles. The summed E-state index contributed by atoms with van der Waals surface area (Å²) in [6.45, 7) is 7.83. The number of carbonyl (C=O) groups is 1. The monoisotopic (exact) mass is 253 g/mol. The smallest absolute Gasteiger partial charge is 0.225 e. The van der Waals surface area contributed by atoms with E-state index in [-0.39, 0.29) is 5.92 Å². The Hall–Kier alpha value is -0.650. The molecule has 5 heteroatoms. The standard InChI is InChI=1S/C13H23N3O2/c17-13(11-1-7-18-8-2-11)16-9-12(10-16)15-5-3-14-4-6-15/h11-12,14H,1-10H2. The topological polar surface area (TPSA) is 44.8 Å². The number of nitrogens with zero attached hydrogens (tertiary/aromatic N) is 2. The van der Waals surface area contributed by atoms with Gasteiger partial charge < -0.3 is 15.0 Å². The lowest BCUT2D eigenvalue weighted by atomic mass is 9.95. The number of amides is 1. The fourth-order valence-corrected chi connectivity index (χ4v) is 3.12. The van der Waals surface area contributed by atoms with Gasteiger partial charge in [-0.05, 0) is 12.8 Å². The van der Waals surface area contributed by atoms with Crippen LogP contribution in [0.4, 0.5) is 0 Å². The maximum atomic E-state index is 12.2. The van der Waals surface area contributed by atoms with Gasteiger partial charge in [-0.2, -0.15) is 0 Å². The van der Waals surface area contributed by atoms with Crippen LogP contribution < -0.4 is 5.32 Å². The van der Waals surface area contributed by atoms with Crippen molar-refractivity contribution in [3.63, 3.8) is 0 Å². The van der Waals surface area contributed by atoms with E-state index in [1.807, 2.05) is 4.90 Å². The molecule has 0 saturated carbocycles. The quantitative estimate of drug-likeness (QED) is 0.722. The summed E-state index contributed by atoms with van der Waals surface area (Å²) in [5.74, 6) is 0.590. The van der Waals surface area contributed by atoms with Gasteiger partial charge in [0.15, 0.2) is 0 Å². The summed E-state index contributed by atoms with van der Waals surface area (Å²) >= 11 is 0. The minimum atomic E-state index is 0.225. The van der Waals surface area contributed by atoms with Crippen LogP contribution in [-0.4, -0.2) is 74.2 Å². The number of carbonyl (C=O) groups excluding carboxylic acids is 1. The first kappa shape index (κ1) is 12.4. The van der Waals surface area contributed by atoms with Gasteiger partial charge in [-0.15, -0.1) is 0 Å². The molecule has 3 aliphatic rings. The lowest BCUT2D eigenvalue weighted by Gasteiger charge is -2.47. The second-order valence-electron chi connectivity index (χ2n) is 5.57. The normalized spacial score (nSPS) is 28.1. The number of nitrogens with one attached hydrogen (secondary N) is 1. The molecule has 18 heavy (non-hydrogen) atoms. The lowest BCUT2D eigenvalue weighted by Crippen LogP contribution is -2.64. The van der Waals surface area contributed by atoms with Crippen LogP contribution in [0, 0.1) is 5.92 Å². The SMILES string of the molecule is O=C(C1CCOCC1)N1CC(N2CCNCC2)C1. The molecule has 3 rings (SSSR count). The number of rotatable bonds is 2. The zero-order valence-corrected chi connectivity index (χ0v) is 10.9. The second-order valence-corrected chi connectivity index (χ2v) is 5.57. The summed E-state index contributed by atoms with van der Waals surface area (Å²) in [6, 6.07) is 0.607. The van der Waals surface area contributed by atoms with Crippen LogP contribution in [0.3, 0.4) is 0 Å². The van der Waals surface area contributed by atoms with Crippen molar-refractivity contribution in [2.45, 2.75) is 18.9 Å². The van der Waals surface area contributed by atoms with E-state index in [0.29, 0.717) is 11.9 Å². The minimum Gasteiger partial charge on any atom is -0.381 e. The molecule has 0 aliphatic carbocycles. The van der Waals surface area contributed by atoms with Crippen molar-refractivity contribution in [2.24, 2.45) is 5.92 Å². The van der Waals surface area contributed by atoms with Crippen LogP contribution in [0.2, 0.25) is 0 Å². The van der Waals surface area contributed by atoms with Gasteiger partial charge in [-0.1, -0.05) is 0 Å². The number of ether oxygens (including phenoxy) is 1. The second kappa shape index (κ2) is 5.55. The Labute approximate surface area is 108 Å². The third-order valence-corrected chi connectivity index (χ3v) is 4.41. The van der Waals surface area contributed by atoms with Gasteiger partial charge in [-0.3, -0.25) is 9.69 Å². The Kier molecular flexibility index (Phi) is 3.82. The summed E-state index contributed by atoms with van der Waals surface area (Å²) in [5, 5.41) is 3.37. The van der Waals surface area contributed by atoms with Crippen LogP contribution >= 0.6 is 0 Å². The molecule has 3 fully saturated rings. The number of hydrogen-bond donors (Lipinski definition) is 1. The summed E-state index contributed by atoms with van der Waals surface area (Å²) in [5.41, 5.74) is 0. The first-order chi connectivity index (χ1) is 8.84. The van der Waals surface area contributed by atoms with Crippen LogP contribution in [0.15, 0.2) is 0 Å². The third-order valence-electron chi connectivity index (χ3n) is 4.41. The number of hydrogen-bond acceptors (Lipinski definition) is 4. The van der Waals surface area contributed by atoms with E-state index in [0.717, 1.165) is 65.3 Å². The molecular weight excluding hydrogens is 230 g/mol. The van der Waals surface area contributed by atoms with Gasteiger partial charge in [0.1, 0.15) is 0 Å². The molecule has 102 valence electrons. The first-order valence-electron chi connectivity index (χ1n) is 7.16. The van der Waals surface area contributed by atoms with Crippen molar-refractivity contribution in [3.05, 3.63) is 0 Å². The summed E-state index contributed by atoms with van der Waals surface area (Å²) < 4.78 is 5.31. The molecular formula is C13H23N3O2. The van der Waals surface area contributed by atoms with Crippen LogP contribution in [0.25, 0.3) is 0 Å². The highest BCUT2D eigenvalue weighted by Crippen LogP contribution is 2.23. The first-order valence-corrected chi connectivity index (χ1v) is 7.16. The Morgan fingerprint density at radius 3 is 2.44 bits per heavy atom. The highest BCUT2D eigenvalue weighted by Gasteiger charge is 2.37. The Morgan fingerprint density at radius 1 is 1.11 bits per heavy atom. The van der Waals surface area contributed by atoms with E-state index in [9.17, 15) is 4.79 Å². The Bertz CT molecular complexity index is 293. The lowest BCUT2D eigenvalue weighted by molar-refractivity contribution is -0.146. The zero-order chi connectivity index (χ0) is 12.4. The molecule has 1 amide bonds. The van der Waals surface area contributed by atoms with Crippen molar-refractivity contribution in [1.29, 1.82) is 0 Å². The maximum absolute atomic E-state index is 12.2. The largest absolute Gasteiger partial charge is 0.381 e. The van der Waals surface area contributed by atoms with Crippen molar-refractivity contribution in [1.82, 2.24) is 15.1 Å². The van der Waals surface area contributed by atoms with Crippen molar-refractivity contribution in [3.8, 4) is 0 Å². The fraction of sp³-hybridized carbons (Fsp3) is 0.923. The zero-order valence-electron chi connectivity index (χ0n) is 10.9. The molecule has 0 spiro atoms. The van der Waals surface area contributed by atoms with Gasteiger partial charge in [0.25, 0.3) is 0 Å². The summed E-state index contributed by atoms with van der Waals surface area (Å²) in [6.07, 6.45) is 1.82. The average molecular weight is 253 g/mol. The van der Waals surface area contributed by atoms with Crippen LogP contribution in [0.5, 0.6) is 0 Å². The van der Waals surface area contributed by atoms with E-state index in [4.69, 9.17) is 4.74 Å². The molecule has 0 unspecified atom stereocenters. The van der Waals surface area contributed by atoms with Crippen molar-refractivity contribution >= 4 is 5.91 Å². The maximum Gasteiger partial charge on any atom is 0.225 e. The minimum absolute atomic E-state index is 0.225. The van der Waals surface area contributed by atoms with Gasteiger partial charge in [0.2, 0.25) is 5.91 Å². The van der Waals surface area contributed by atoms with E-state index in [1.165, 1.54) is 0 Å². The molecule has 5 nitrogen and oxygen atoms in total. The van der Waals surface area contributed by atoms with E-state index in [2.05, 4.69) is 10.2 Å². The predicted octanol–water partition coefficient (Wildman–Crippen LogP) is -0.471. The van der Waals surface area contributed by atoms with Gasteiger partial charge in [-0.25, -0.2) is 0 Å². The molecule has 3 aliphatic heterocycles. The average Bonchev–Trinajstić information content (AvgIpc) is 2.39. The van der Waals surface area contributed by atoms with Crippen molar-refractivity contribution in [2.75, 3.05) is 52.5 Å². The Morgan fingerprint density at radius 2 is 1.78 bits per heavy atom. The van der Waals surface area contributed by atoms with Crippen LogP contribution in [-0.2, 0) is 9.53 Å². The van der Waals surface area contributed by atoms with Gasteiger partial charge in [0, 0.05) is 64.4 Å². The Balaban J connectivity index is 1.44. The molecule has 0 atom stereocenters. The fourth-order valence-electron chi connectivity index (χ4n) is 3.12. The molecule has 3 heterocycles. The predicted molar refractivity (Wildman–Crippen MR) is 68.4 cm³/mol. The highest BCUT2D eigenvalue weighted by molar-refractivity contribution is 5.79. The molecule has 0 aromatic rings. The molecule has 0 radical (unpaired) electrons. The molecule has 3 saturated heterocycles. The van der Waals surface area contributed by atoms with Gasteiger partial charge in [0.05, 0.1) is 0 Å². The summed E-state index contributed by atoms with van der Waals surface area (Å²) in [4.78, 5) is 16.8. The van der Waals surface area contributed by atoms with E-state index >= 15 is 0 Å². The molecule has 1 N–H and O–H groups in total. The third kappa shape index (κ3) is 2.53. The highest BCUT2D eigenvalue weighted by atomic mass is 16.5. The van der Waals surface area contributed by atoms with Gasteiger partial charge >= 0.3 is 0 Å². The molecule has 0 aromatic heterocycles. The van der Waals surface area contributed by atoms with E-state index in [1.54, 1.807) is 0 Å². The van der Waals surface area contributed by atoms with Crippen molar-refractivity contribution < 1.29 is 9.53 Å². The number of piperazine rings is 1. The molecule has 0 bridgehead atoms.